The van der Waals surface area contributed by atoms with Gasteiger partial charge in [0.1, 0.15) is 6.04 Å². The Kier molecular flexibility index (Phi) is 4.31. The number of amides is 1. The highest BCUT2D eigenvalue weighted by Gasteiger charge is 2.41. The van der Waals surface area contributed by atoms with Gasteiger partial charge in [0.05, 0.1) is 24.2 Å². The molecule has 5 unspecified atom stereocenters. The summed E-state index contributed by atoms with van der Waals surface area (Å²) >= 11 is 0. The van der Waals surface area contributed by atoms with Gasteiger partial charge in [0, 0.05) is 0 Å². The first-order valence-electron chi connectivity index (χ1n) is 5.86. The van der Waals surface area contributed by atoms with Crippen LogP contribution in [0.3, 0.4) is 0 Å². The highest BCUT2D eigenvalue weighted by molar-refractivity contribution is 5.80. The Balaban J connectivity index is 2.64. The summed E-state index contributed by atoms with van der Waals surface area (Å²) < 4.78 is 5.61. The van der Waals surface area contributed by atoms with E-state index in [2.05, 4.69) is 11.4 Å². The lowest BCUT2D eigenvalue weighted by Gasteiger charge is -2.19. The van der Waals surface area contributed by atoms with Gasteiger partial charge in [-0.3, -0.25) is 4.79 Å². The van der Waals surface area contributed by atoms with Crippen LogP contribution in [0.4, 0.5) is 0 Å². The van der Waals surface area contributed by atoms with Crippen molar-refractivity contribution in [3.05, 3.63) is 0 Å². The van der Waals surface area contributed by atoms with Crippen molar-refractivity contribution >= 4 is 5.91 Å². The molecule has 4 nitrogen and oxygen atoms in total. The number of hydrogen-bond acceptors (Lipinski definition) is 3. The standard InChI is InChI=1S/C12H20N2O2/c1-5-10(6-13)14-12(15)11-7(2)8(3)16-9(11)4/h7-11H,5H2,1-4H3,(H,14,15). The summed E-state index contributed by atoms with van der Waals surface area (Å²) in [5.41, 5.74) is 0. The number of carbonyl (C=O) groups excluding carboxylic acids is 1. The maximum atomic E-state index is 12.0. The second-order valence-electron chi connectivity index (χ2n) is 4.53. The molecule has 0 aromatic carbocycles. The Morgan fingerprint density at radius 2 is 2.06 bits per heavy atom. The summed E-state index contributed by atoms with van der Waals surface area (Å²) in [4.78, 5) is 12.0. The first kappa shape index (κ1) is 13.0. The van der Waals surface area contributed by atoms with E-state index in [-0.39, 0.29) is 36.0 Å². The molecule has 1 rings (SSSR count). The fourth-order valence-electron chi connectivity index (χ4n) is 2.21. The van der Waals surface area contributed by atoms with Crippen molar-refractivity contribution in [2.75, 3.05) is 0 Å². The fourth-order valence-corrected chi connectivity index (χ4v) is 2.21. The lowest BCUT2D eigenvalue weighted by Crippen LogP contribution is -2.42. The van der Waals surface area contributed by atoms with Crippen LogP contribution in [0.2, 0.25) is 0 Å². The normalized spacial score (nSPS) is 35.4. The molecule has 90 valence electrons. The zero-order valence-corrected chi connectivity index (χ0v) is 10.4. The van der Waals surface area contributed by atoms with Crippen molar-refractivity contribution < 1.29 is 9.53 Å². The van der Waals surface area contributed by atoms with Crippen molar-refractivity contribution in [1.29, 1.82) is 5.26 Å². The molecule has 1 heterocycles. The molecule has 0 spiro atoms. The summed E-state index contributed by atoms with van der Waals surface area (Å²) in [6, 6.07) is 1.69. The maximum Gasteiger partial charge on any atom is 0.227 e. The SMILES string of the molecule is CCC(C#N)NC(=O)C1C(C)OC(C)C1C. The molecular weight excluding hydrogens is 204 g/mol. The van der Waals surface area contributed by atoms with Crippen LogP contribution in [0.25, 0.3) is 0 Å². The Hall–Kier alpha value is -1.08. The first-order chi connectivity index (χ1) is 7.51. The maximum absolute atomic E-state index is 12.0. The van der Waals surface area contributed by atoms with E-state index in [1.54, 1.807) is 0 Å². The molecule has 0 bridgehead atoms. The molecular formula is C12H20N2O2. The average Bonchev–Trinajstić information content (AvgIpc) is 2.49. The fraction of sp³-hybridized carbons (Fsp3) is 0.833. The van der Waals surface area contributed by atoms with E-state index in [1.807, 2.05) is 27.7 Å². The topological polar surface area (TPSA) is 62.1 Å². The largest absolute Gasteiger partial charge is 0.374 e. The Morgan fingerprint density at radius 1 is 1.44 bits per heavy atom. The molecule has 0 aromatic heterocycles. The minimum absolute atomic E-state index is 0.0576. The van der Waals surface area contributed by atoms with Crippen LogP contribution in [-0.4, -0.2) is 24.2 Å². The number of rotatable bonds is 3. The van der Waals surface area contributed by atoms with E-state index in [4.69, 9.17) is 10.00 Å². The third-order valence-corrected chi connectivity index (χ3v) is 3.43. The Bertz CT molecular complexity index is 298. The molecule has 1 aliphatic rings. The quantitative estimate of drug-likeness (QED) is 0.789. The molecule has 0 aromatic rings. The van der Waals surface area contributed by atoms with Gasteiger partial charge in [-0.05, 0) is 26.2 Å². The molecule has 0 aliphatic carbocycles. The lowest BCUT2D eigenvalue weighted by molar-refractivity contribution is -0.127. The predicted octanol–water partition coefficient (Wildman–Crippen LogP) is 1.46. The van der Waals surface area contributed by atoms with Crippen LogP contribution in [0, 0.1) is 23.2 Å². The van der Waals surface area contributed by atoms with Gasteiger partial charge >= 0.3 is 0 Å². The Morgan fingerprint density at radius 3 is 2.44 bits per heavy atom. The van der Waals surface area contributed by atoms with Crippen LogP contribution in [0.15, 0.2) is 0 Å². The van der Waals surface area contributed by atoms with Crippen LogP contribution in [0.5, 0.6) is 0 Å². The summed E-state index contributed by atoms with van der Waals surface area (Å²) in [7, 11) is 0. The van der Waals surface area contributed by atoms with Gasteiger partial charge in [-0.2, -0.15) is 5.26 Å². The van der Waals surface area contributed by atoms with Gasteiger partial charge in [-0.15, -0.1) is 0 Å². The van der Waals surface area contributed by atoms with E-state index in [1.165, 1.54) is 0 Å². The third-order valence-electron chi connectivity index (χ3n) is 3.43. The molecule has 1 amide bonds. The van der Waals surface area contributed by atoms with E-state index >= 15 is 0 Å². The molecule has 1 saturated heterocycles. The summed E-state index contributed by atoms with van der Waals surface area (Å²) in [5, 5.41) is 11.6. The number of ether oxygens (including phenoxy) is 1. The molecule has 0 saturated carbocycles. The van der Waals surface area contributed by atoms with Gasteiger partial charge in [0.15, 0.2) is 0 Å². The van der Waals surface area contributed by atoms with E-state index in [0.29, 0.717) is 6.42 Å². The smallest absolute Gasteiger partial charge is 0.227 e. The summed E-state index contributed by atoms with van der Waals surface area (Å²) in [5.74, 6) is 0.00125. The number of nitrogens with one attached hydrogen (secondary N) is 1. The second-order valence-corrected chi connectivity index (χ2v) is 4.53. The van der Waals surface area contributed by atoms with E-state index in [9.17, 15) is 4.79 Å². The van der Waals surface area contributed by atoms with Crippen LogP contribution in [-0.2, 0) is 9.53 Å². The summed E-state index contributed by atoms with van der Waals surface area (Å²) in [6.07, 6.45) is 0.669. The van der Waals surface area contributed by atoms with Crippen LogP contribution >= 0.6 is 0 Å². The van der Waals surface area contributed by atoms with Gasteiger partial charge in [-0.1, -0.05) is 13.8 Å². The third kappa shape index (κ3) is 2.53. The minimum atomic E-state index is -0.386. The zero-order chi connectivity index (χ0) is 12.3. The molecule has 4 heteroatoms. The average molecular weight is 224 g/mol. The molecule has 1 N–H and O–H groups in total. The summed E-state index contributed by atoms with van der Waals surface area (Å²) in [6.45, 7) is 7.80. The molecule has 1 aliphatic heterocycles. The van der Waals surface area contributed by atoms with E-state index in [0.717, 1.165) is 0 Å². The number of carbonyl (C=O) groups is 1. The molecule has 0 radical (unpaired) electrons. The zero-order valence-electron chi connectivity index (χ0n) is 10.4. The molecule has 16 heavy (non-hydrogen) atoms. The number of nitriles is 1. The van der Waals surface area contributed by atoms with Gasteiger partial charge in [0.25, 0.3) is 0 Å². The molecule has 5 atom stereocenters. The van der Waals surface area contributed by atoms with Crippen molar-refractivity contribution in [1.82, 2.24) is 5.32 Å². The predicted molar refractivity (Wildman–Crippen MR) is 60.5 cm³/mol. The van der Waals surface area contributed by atoms with Crippen molar-refractivity contribution in [2.24, 2.45) is 11.8 Å². The minimum Gasteiger partial charge on any atom is -0.374 e. The highest BCUT2D eigenvalue weighted by Crippen LogP contribution is 2.32. The first-order valence-corrected chi connectivity index (χ1v) is 5.86. The van der Waals surface area contributed by atoms with Crippen molar-refractivity contribution in [3.8, 4) is 6.07 Å². The molecule has 1 fully saturated rings. The Labute approximate surface area is 97.0 Å². The highest BCUT2D eigenvalue weighted by atomic mass is 16.5. The van der Waals surface area contributed by atoms with Crippen LogP contribution < -0.4 is 5.32 Å². The lowest BCUT2D eigenvalue weighted by atomic mass is 9.88. The van der Waals surface area contributed by atoms with Gasteiger partial charge in [-0.25, -0.2) is 0 Å². The number of nitrogens with zero attached hydrogens (tertiary/aromatic N) is 1. The second kappa shape index (κ2) is 5.31. The number of hydrogen-bond donors (Lipinski definition) is 1. The van der Waals surface area contributed by atoms with E-state index < -0.39 is 0 Å². The van der Waals surface area contributed by atoms with Crippen molar-refractivity contribution in [3.63, 3.8) is 0 Å². The monoisotopic (exact) mass is 224 g/mol. The van der Waals surface area contributed by atoms with Crippen LogP contribution in [0.1, 0.15) is 34.1 Å². The van der Waals surface area contributed by atoms with Crippen molar-refractivity contribution in [2.45, 2.75) is 52.4 Å². The van der Waals surface area contributed by atoms with Gasteiger partial charge < -0.3 is 10.1 Å². The van der Waals surface area contributed by atoms with Gasteiger partial charge in [0.2, 0.25) is 5.91 Å².